The van der Waals surface area contributed by atoms with Crippen LogP contribution in [0.1, 0.15) is 45.6 Å². The lowest BCUT2D eigenvalue weighted by atomic mass is 9.81. The zero-order valence-corrected chi connectivity index (χ0v) is 13.9. The minimum atomic E-state index is -3.50. The van der Waals surface area contributed by atoms with E-state index in [9.17, 15) is 8.42 Å². The summed E-state index contributed by atoms with van der Waals surface area (Å²) in [5, 5.41) is 0. The molecule has 118 valence electrons. The first-order valence-corrected chi connectivity index (χ1v) is 9.20. The van der Waals surface area contributed by atoms with E-state index in [0.29, 0.717) is 28.8 Å². The van der Waals surface area contributed by atoms with E-state index >= 15 is 0 Å². The van der Waals surface area contributed by atoms with Crippen LogP contribution in [0, 0.1) is 11.8 Å². The van der Waals surface area contributed by atoms with Crippen LogP contribution in [0.3, 0.4) is 0 Å². The van der Waals surface area contributed by atoms with E-state index in [-0.39, 0.29) is 6.04 Å². The molecule has 0 spiro atoms. The molecule has 2 atom stereocenters. The van der Waals surface area contributed by atoms with Crippen LogP contribution >= 0.6 is 0 Å². The molecule has 1 aromatic rings. The highest BCUT2D eigenvalue weighted by molar-refractivity contribution is 7.89. The Kier molecular flexibility index (Phi) is 4.94. The van der Waals surface area contributed by atoms with Gasteiger partial charge in [-0.05, 0) is 55.2 Å². The number of nitrogen functional groups attached to an aromatic ring is 1. The number of sulfonamides is 1. The van der Waals surface area contributed by atoms with Crippen molar-refractivity contribution in [1.82, 2.24) is 4.72 Å². The van der Waals surface area contributed by atoms with Gasteiger partial charge in [-0.15, -0.1) is 0 Å². The first-order valence-electron chi connectivity index (χ1n) is 7.72. The van der Waals surface area contributed by atoms with Crippen LogP contribution in [-0.2, 0) is 16.4 Å². The number of benzene rings is 1. The molecule has 0 saturated heterocycles. The number of rotatable bonds is 4. The molecule has 3 N–H and O–H groups in total. The van der Waals surface area contributed by atoms with Gasteiger partial charge in [-0.3, -0.25) is 0 Å². The molecule has 4 nitrogen and oxygen atoms in total. The van der Waals surface area contributed by atoms with E-state index in [2.05, 4.69) is 18.6 Å². The molecule has 5 heteroatoms. The summed E-state index contributed by atoms with van der Waals surface area (Å²) in [6, 6.07) is 5.15. The van der Waals surface area contributed by atoms with E-state index < -0.39 is 10.0 Å². The smallest absolute Gasteiger partial charge is 0.241 e. The number of hydrogen-bond acceptors (Lipinski definition) is 3. The van der Waals surface area contributed by atoms with Gasteiger partial charge in [0.25, 0.3) is 0 Å². The second kappa shape index (κ2) is 6.36. The number of hydrogen-bond donors (Lipinski definition) is 2. The van der Waals surface area contributed by atoms with Gasteiger partial charge in [0.15, 0.2) is 0 Å². The standard InChI is InChI=1S/C16H26N2O2S/c1-4-13-5-6-14(17)10-16(13)21(19,20)18-15-8-11(2)7-12(3)9-15/h5-6,10-12,15,18H,4,7-9,17H2,1-3H3. The van der Waals surface area contributed by atoms with E-state index in [4.69, 9.17) is 5.73 Å². The minimum Gasteiger partial charge on any atom is -0.399 e. The summed E-state index contributed by atoms with van der Waals surface area (Å²) in [4.78, 5) is 0.330. The van der Waals surface area contributed by atoms with E-state index in [0.717, 1.165) is 18.4 Å². The highest BCUT2D eigenvalue weighted by Gasteiger charge is 2.28. The van der Waals surface area contributed by atoms with Crippen molar-refractivity contribution in [3.05, 3.63) is 23.8 Å². The fourth-order valence-corrected chi connectivity index (χ4v) is 5.05. The second-order valence-electron chi connectivity index (χ2n) is 6.46. The number of aryl methyl sites for hydroxylation is 1. The molecule has 0 aliphatic heterocycles. The Morgan fingerprint density at radius 2 is 1.81 bits per heavy atom. The largest absolute Gasteiger partial charge is 0.399 e. The molecule has 0 radical (unpaired) electrons. The molecule has 1 fully saturated rings. The lowest BCUT2D eigenvalue weighted by molar-refractivity contribution is 0.257. The highest BCUT2D eigenvalue weighted by Crippen LogP contribution is 2.30. The Bertz CT molecular complexity index is 588. The van der Waals surface area contributed by atoms with Crippen LogP contribution < -0.4 is 10.5 Å². The van der Waals surface area contributed by atoms with Gasteiger partial charge < -0.3 is 5.73 Å². The number of nitrogens with one attached hydrogen (secondary N) is 1. The van der Waals surface area contributed by atoms with Crippen molar-refractivity contribution >= 4 is 15.7 Å². The Morgan fingerprint density at radius 3 is 2.38 bits per heavy atom. The van der Waals surface area contributed by atoms with Gasteiger partial charge in [0.05, 0.1) is 4.90 Å². The average Bonchev–Trinajstić information content (AvgIpc) is 2.36. The molecule has 0 bridgehead atoms. The molecule has 0 heterocycles. The summed E-state index contributed by atoms with van der Waals surface area (Å²) in [6.45, 7) is 6.33. The monoisotopic (exact) mass is 310 g/mol. The quantitative estimate of drug-likeness (QED) is 0.840. The van der Waals surface area contributed by atoms with Crippen molar-refractivity contribution < 1.29 is 8.42 Å². The van der Waals surface area contributed by atoms with Crippen LogP contribution in [-0.4, -0.2) is 14.5 Å². The van der Waals surface area contributed by atoms with Crippen LogP contribution in [0.5, 0.6) is 0 Å². The fraction of sp³-hybridized carbons (Fsp3) is 0.625. The molecule has 21 heavy (non-hydrogen) atoms. The third kappa shape index (κ3) is 3.98. The van der Waals surface area contributed by atoms with E-state index in [1.54, 1.807) is 18.2 Å². The van der Waals surface area contributed by atoms with Gasteiger partial charge in [0.1, 0.15) is 0 Å². The van der Waals surface area contributed by atoms with Crippen molar-refractivity contribution in [3.8, 4) is 0 Å². The van der Waals surface area contributed by atoms with Gasteiger partial charge in [0.2, 0.25) is 10.0 Å². The Labute approximate surface area is 128 Å². The summed E-state index contributed by atoms with van der Waals surface area (Å²) < 4.78 is 28.2. The van der Waals surface area contributed by atoms with Gasteiger partial charge in [-0.1, -0.05) is 26.8 Å². The third-order valence-corrected chi connectivity index (χ3v) is 5.86. The van der Waals surface area contributed by atoms with Gasteiger partial charge in [-0.2, -0.15) is 0 Å². The predicted octanol–water partition coefficient (Wildman–Crippen LogP) is 2.93. The first-order chi connectivity index (χ1) is 9.81. The van der Waals surface area contributed by atoms with Crippen LogP contribution in [0.4, 0.5) is 5.69 Å². The van der Waals surface area contributed by atoms with Crippen molar-refractivity contribution in [1.29, 1.82) is 0 Å². The Balaban J connectivity index is 2.24. The van der Waals surface area contributed by atoms with Crippen LogP contribution in [0.15, 0.2) is 23.1 Å². The fourth-order valence-electron chi connectivity index (χ4n) is 3.44. The maximum atomic E-state index is 12.7. The Hall–Kier alpha value is -1.07. The molecule has 2 unspecified atom stereocenters. The van der Waals surface area contributed by atoms with Crippen molar-refractivity contribution in [3.63, 3.8) is 0 Å². The lowest BCUT2D eigenvalue weighted by Crippen LogP contribution is -2.40. The van der Waals surface area contributed by atoms with Gasteiger partial charge in [0, 0.05) is 11.7 Å². The normalized spacial score (nSPS) is 26.7. The van der Waals surface area contributed by atoms with Crippen LogP contribution in [0.2, 0.25) is 0 Å². The van der Waals surface area contributed by atoms with Gasteiger partial charge in [-0.25, -0.2) is 13.1 Å². The number of nitrogens with two attached hydrogens (primary N) is 1. The molecule has 2 rings (SSSR count). The molecular formula is C16H26N2O2S. The summed E-state index contributed by atoms with van der Waals surface area (Å²) in [5.41, 5.74) is 7.06. The molecule has 1 aliphatic carbocycles. The molecule has 0 aromatic heterocycles. The molecule has 1 saturated carbocycles. The zero-order chi connectivity index (χ0) is 15.6. The van der Waals surface area contributed by atoms with Crippen molar-refractivity contribution in [2.24, 2.45) is 11.8 Å². The summed E-state index contributed by atoms with van der Waals surface area (Å²) in [6.07, 6.45) is 3.67. The topological polar surface area (TPSA) is 72.2 Å². The zero-order valence-electron chi connectivity index (χ0n) is 13.1. The molecular weight excluding hydrogens is 284 g/mol. The van der Waals surface area contributed by atoms with E-state index in [1.165, 1.54) is 6.42 Å². The van der Waals surface area contributed by atoms with Crippen molar-refractivity contribution in [2.75, 3.05) is 5.73 Å². The Morgan fingerprint density at radius 1 is 1.19 bits per heavy atom. The third-order valence-electron chi connectivity index (χ3n) is 4.26. The number of anilines is 1. The first kappa shape index (κ1) is 16.3. The predicted molar refractivity (Wildman–Crippen MR) is 86.5 cm³/mol. The van der Waals surface area contributed by atoms with E-state index in [1.807, 2.05) is 6.92 Å². The maximum absolute atomic E-state index is 12.7. The molecule has 1 aliphatic rings. The van der Waals surface area contributed by atoms with Crippen molar-refractivity contribution in [2.45, 2.75) is 57.4 Å². The highest BCUT2D eigenvalue weighted by atomic mass is 32.2. The van der Waals surface area contributed by atoms with Gasteiger partial charge >= 0.3 is 0 Å². The maximum Gasteiger partial charge on any atom is 0.241 e. The molecule has 1 aromatic carbocycles. The average molecular weight is 310 g/mol. The SMILES string of the molecule is CCc1ccc(N)cc1S(=O)(=O)NC1CC(C)CC(C)C1. The molecule has 0 amide bonds. The summed E-state index contributed by atoms with van der Waals surface area (Å²) in [5.74, 6) is 1.13. The summed E-state index contributed by atoms with van der Waals surface area (Å²) in [7, 11) is -3.50. The second-order valence-corrected chi connectivity index (χ2v) is 8.14. The summed E-state index contributed by atoms with van der Waals surface area (Å²) >= 11 is 0. The van der Waals surface area contributed by atoms with Crippen LogP contribution in [0.25, 0.3) is 0 Å². The lowest BCUT2D eigenvalue weighted by Gasteiger charge is -2.31. The minimum absolute atomic E-state index is 0.0277.